The molecule has 0 aliphatic heterocycles. The average Bonchev–Trinajstić information content (AvgIpc) is 2.97. The minimum absolute atomic E-state index is 0.134. The molecule has 0 aromatic heterocycles. The zero-order chi connectivity index (χ0) is 30.4. The van der Waals surface area contributed by atoms with Crippen LogP contribution in [-0.4, -0.2) is 53.2 Å². The molecule has 0 bridgehead atoms. The van der Waals surface area contributed by atoms with Crippen LogP contribution in [0.5, 0.6) is 5.75 Å². The third-order valence-electron chi connectivity index (χ3n) is 6.35. The Labute approximate surface area is 252 Å². The first kappa shape index (κ1) is 31.4. The number of aliphatic hydroxyl groups is 2. The van der Waals surface area contributed by atoms with Gasteiger partial charge in [-0.25, -0.2) is 12.8 Å². The summed E-state index contributed by atoms with van der Waals surface area (Å²) < 4.78 is 42.8. The number of aliphatic hydroxyl groups excluding tert-OH is 2. The molecule has 1 atom stereocenters. The second-order valence-electron chi connectivity index (χ2n) is 9.45. The van der Waals surface area contributed by atoms with Gasteiger partial charge in [0.1, 0.15) is 16.5 Å². The van der Waals surface area contributed by atoms with E-state index in [1.54, 1.807) is 24.3 Å². The van der Waals surface area contributed by atoms with Gasteiger partial charge in [-0.15, -0.1) is 0 Å². The van der Waals surface area contributed by atoms with E-state index in [0.717, 1.165) is 27.6 Å². The Morgan fingerprint density at radius 2 is 1.55 bits per heavy atom. The van der Waals surface area contributed by atoms with Gasteiger partial charge in [-0.2, -0.15) is 4.31 Å². The maximum Gasteiger partial charge on any atom is 0.255 e. The lowest BCUT2D eigenvalue weighted by atomic mass is 10.0. The molecule has 1 unspecified atom stereocenters. The summed E-state index contributed by atoms with van der Waals surface area (Å²) in [5.41, 5.74) is 2.34. The van der Waals surface area contributed by atoms with E-state index < -0.39 is 50.7 Å². The third-order valence-corrected chi connectivity index (χ3v) is 8.62. The number of nitrogens with one attached hydrogen (secondary N) is 1. The van der Waals surface area contributed by atoms with E-state index in [-0.39, 0.29) is 24.7 Å². The Morgan fingerprint density at radius 3 is 2.21 bits per heavy atom. The number of aromatic hydroxyl groups is 1. The molecule has 4 N–H and O–H groups in total. The lowest BCUT2D eigenvalue weighted by Crippen LogP contribution is -2.34. The number of amides is 1. The average molecular weight is 634 g/mol. The van der Waals surface area contributed by atoms with Gasteiger partial charge in [0.15, 0.2) is 0 Å². The van der Waals surface area contributed by atoms with Crippen molar-refractivity contribution in [3.05, 3.63) is 117 Å². The van der Waals surface area contributed by atoms with E-state index in [4.69, 9.17) is 28.3 Å². The Bertz CT molecular complexity index is 1670. The molecule has 0 aliphatic carbocycles. The molecule has 0 saturated heterocycles. The highest BCUT2D eigenvalue weighted by molar-refractivity contribution is 7.89. The van der Waals surface area contributed by atoms with Gasteiger partial charge in [0, 0.05) is 29.7 Å². The van der Waals surface area contributed by atoms with Gasteiger partial charge in [-0.05, 0) is 64.7 Å². The zero-order valence-electron chi connectivity index (χ0n) is 22.0. The summed E-state index contributed by atoms with van der Waals surface area (Å²) in [5.74, 6) is -2.23. The van der Waals surface area contributed by atoms with Gasteiger partial charge in [0.2, 0.25) is 10.0 Å². The maximum absolute atomic E-state index is 14.1. The van der Waals surface area contributed by atoms with Crippen molar-refractivity contribution in [2.24, 2.45) is 0 Å². The fourth-order valence-corrected chi connectivity index (χ4v) is 6.12. The number of hydrogen-bond acceptors (Lipinski definition) is 6. The van der Waals surface area contributed by atoms with Crippen molar-refractivity contribution in [3.8, 4) is 16.9 Å². The normalized spacial score (nSPS) is 12.3. The van der Waals surface area contributed by atoms with Crippen LogP contribution in [-0.2, 0) is 23.1 Å². The monoisotopic (exact) mass is 632 g/mol. The first-order valence-electron chi connectivity index (χ1n) is 12.7. The summed E-state index contributed by atoms with van der Waals surface area (Å²) in [6.45, 7) is -1.29. The number of halogens is 3. The second-order valence-corrected chi connectivity index (χ2v) is 12.2. The first-order chi connectivity index (χ1) is 20.0. The van der Waals surface area contributed by atoms with Gasteiger partial charge in [-0.3, -0.25) is 4.79 Å². The van der Waals surface area contributed by atoms with Crippen molar-refractivity contribution < 1.29 is 32.9 Å². The van der Waals surface area contributed by atoms with E-state index in [1.165, 1.54) is 24.3 Å². The topological polar surface area (TPSA) is 127 Å². The van der Waals surface area contributed by atoms with Crippen molar-refractivity contribution in [3.63, 3.8) is 0 Å². The molecule has 0 spiro atoms. The molecule has 12 heteroatoms. The highest BCUT2D eigenvalue weighted by atomic mass is 35.5. The smallest absolute Gasteiger partial charge is 0.255 e. The molecule has 8 nitrogen and oxygen atoms in total. The highest BCUT2D eigenvalue weighted by Crippen LogP contribution is 2.34. The minimum atomic E-state index is -4.52. The van der Waals surface area contributed by atoms with Crippen molar-refractivity contribution in [1.82, 2.24) is 9.62 Å². The van der Waals surface area contributed by atoms with Crippen molar-refractivity contribution >= 4 is 39.1 Å². The number of carbonyl (C=O) groups excluding carboxylic acids is 1. The largest absolute Gasteiger partial charge is 0.506 e. The quantitative estimate of drug-likeness (QED) is 0.185. The van der Waals surface area contributed by atoms with Gasteiger partial charge in [0.05, 0.1) is 18.3 Å². The zero-order valence-corrected chi connectivity index (χ0v) is 24.4. The number of hydrogen-bond donors (Lipinski definition) is 4. The van der Waals surface area contributed by atoms with Crippen LogP contribution in [0.4, 0.5) is 4.39 Å². The standard InChI is InChI=1S/C30H27Cl2FN2O6S/c31-23-8-6-21(7-9-23)22-3-1-2-20(12-22)17-35(16-19-4-10-25(33)11-5-19)42(40,41)28-14-24(32)13-27(29(28)38)30(39)34-15-26(37)18-36/h1-14,26,36-38H,15-18H2,(H,34,39). The number of benzene rings is 4. The summed E-state index contributed by atoms with van der Waals surface area (Å²) in [6.07, 6.45) is -1.26. The molecule has 0 radical (unpaired) electrons. The summed E-state index contributed by atoms with van der Waals surface area (Å²) in [5, 5.41) is 32.3. The Kier molecular flexibility index (Phi) is 10.2. The van der Waals surface area contributed by atoms with Crippen molar-refractivity contribution in [2.75, 3.05) is 13.2 Å². The number of rotatable bonds is 11. The minimum Gasteiger partial charge on any atom is -0.506 e. The molecule has 42 heavy (non-hydrogen) atoms. The molecule has 4 aromatic carbocycles. The molecular weight excluding hydrogens is 606 g/mol. The van der Waals surface area contributed by atoms with Crippen molar-refractivity contribution in [1.29, 1.82) is 0 Å². The van der Waals surface area contributed by atoms with E-state index in [9.17, 15) is 27.8 Å². The summed E-state index contributed by atoms with van der Waals surface area (Å²) in [4.78, 5) is 12.1. The van der Waals surface area contributed by atoms with E-state index in [0.29, 0.717) is 16.1 Å². The van der Waals surface area contributed by atoms with Crippen LogP contribution < -0.4 is 5.32 Å². The summed E-state index contributed by atoms with van der Waals surface area (Å²) in [7, 11) is -4.52. The second kappa shape index (κ2) is 13.6. The molecule has 0 fully saturated rings. The van der Waals surface area contributed by atoms with E-state index in [2.05, 4.69) is 5.32 Å². The molecule has 4 rings (SSSR count). The Hall–Kier alpha value is -3.51. The fourth-order valence-electron chi connectivity index (χ4n) is 4.17. The van der Waals surface area contributed by atoms with Crippen LogP contribution in [0, 0.1) is 5.82 Å². The van der Waals surface area contributed by atoms with E-state index in [1.807, 2.05) is 24.3 Å². The molecular formula is C30H27Cl2FN2O6S. The van der Waals surface area contributed by atoms with Crippen LogP contribution in [0.2, 0.25) is 10.0 Å². The Balaban J connectivity index is 1.74. The van der Waals surface area contributed by atoms with Gasteiger partial charge in [0.25, 0.3) is 5.91 Å². The number of sulfonamides is 1. The molecule has 1 amide bonds. The lowest BCUT2D eigenvalue weighted by molar-refractivity contribution is 0.0800. The van der Waals surface area contributed by atoms with Gasteiger partial charge >= 0.3 is 0 Å². The number of phenolic OH excluding ortho intramolecular Hbond substituents is 1. The molecule has 0 aliphatic rings. The maximum atomic E-state index is 14.1. The number of phenols is 1. The van der Waals surface area contributed by atoms with Crippen LogP contribution >= 0.6 is 23.2 Å². The molecule has 220 valence electrons. The molecule has 4 aromatic rings. The Morgan fingerprint density at radius 1 is 0.881 bits per heavy atom. The number of carbonyl (C=O) groups is 1. The molecule has 0 heterocycles. The third kappa shape index (κ3) is 7.65. The lowest BCUT2D eigenvalue weighted by Gasteiger charge is -2.24. The van der Waals surface area contributed by atoms with Crippen LogP contribution in [0.1, 0.15) is 21.5 Å². The predicted octanol–water partition coefficient (Wildman–Crippen LogP) is 4.98. The molecule has 0 saturated carbocycles. The van der Waals surface area contributed by atoms with Gasteiger partial charge in [-0.1, -0.05) is 65.7 Å². The summed E-state index contributed by atoms with van der Waals surface area (Å²) in [6, 6.07) is 21.8. The predicted molar refractivity (Wildman–Crippen MR) is 158 cm³/mol. The van der Waals surface area contributed by atoms with Crippen LogP contribution in [0.3, 0.4) is 0 Å². The SMILES string of the molecule is O=C(NCC(O)CO)c1cc(Cl)cc(S(=O)(=O)N(Cc2ccc(F)cc2)Cc2cccc(-c3ccc(Cl)cc3)c2)c1O. The van der Waals surface area contributed by atoms with Crippen LogP contribution in [0.15, 0.2) is 89.8 Å². The first-order valence-corrected chi connectivity index (χ1v) is 14.9. The number of nitrogens with zero attached hydrogens (tertiary/aromatic N) is 1. The highest BCUT2D eigenvalue weighted by Gasteiger charge is 2.31. The van der Waals surface area contributed by atoms with Crippen LogP contribution in [0.25, 0.3) is 11.1 Å². The fraction of sp³-hybridized carbons (Fsp3) is 0.167. The van der Waals surface area contributed by atoms with Crippen molar-refractivity contribution in [2.45, 2.75) is 24.1 Å². The van der Waals surface area contributed by atoms with E-state index >= 15 is 0 Å². The summed E-state index contributed by atoms with van der Waals surface area (Å²) >= 11 is 12.2. The van der Waals surface area contributed by atoms with Gasteiger partial charge < -0.3 is 20.6 Å².